The Hall–Kier alpha value is -2.45. The summed E-state index contributed by atoms with van der Waals surface area (Å²) in [6, 6.07) is 7.05. The van der Waals surface area contributed by atoms with Gasteiger partial charge in [-0.25, -0.2) is 13.8 Å². The van der Waals surface area contributed by atoms with Crippen LogP contribution in [0, 0.1) is 10.1 Å². The molecule has 0 bridgehead atoms. The van der Waals surface area contributed by atoms with Crippen molar-refractivity contribution in [3.05, 3.63) is 56.8 Å². The Morgan fingerprint density at radius 3 is 2.44 bits per heavy atom. The highest BCUT2D eigenvalue weighted by Crippen LogP contribution is 2.50. The summed E-state index contributed by atoms with van der Waals surface area (Å²) in [5, 5.41) is 10.8. The van der Waals surface area contributed by atoms with Crippen molar-refractivity contribution < 1.29 is 18.4 Å². The zero-order valence-corrected chi connectivity index (χ0v) is 15.0. The van der Waals surface area contributed by atoms with Gasteiger partial charge < -0.3 is 9.30 Å². The minimum atomic E-state index is -2.50. The second kappa shape index (κ2) is 6.31. The molecule has 2 aromatic carbocycles. The van der Waals surface area contributed by atoms with Crippen molar-refractivity contribution in [2.75, 3.05) is 0 Å². The lowest BCUT2D eigenvalue weighted by atomic mass is 10.2. The predicted octanol–water partition coefficient (Wildman–Crippen LogP) is 5.80. The Morgan fingerprint density at radius 2 is 1.89 bits per heavy atom. The fourth-order valence-electron chi connectivity index (χ4n) is 2.97. The molecule has 1 aromatic heterocycles. The van der Waals surface area contributed by atoms with Gasteiger partial charge in [0.05, 0.1) is 32.3 Å². The molecule has 27 heavy (non-hydrogen) atoms. The Balaban J connectivity index is 1.73. The van der Waals surface area contributed by atoms with E-state index in [-0.39, 0.29) is 21.5 Å². The van der Waals surface area contributed by atoms with E-state index >= 15 is 0 Å². The summed E-state index contributed by atoms with van der Waals surface area (Å²) < 4.78 is 34.1. The van der Waals surface area contributed by atoms with Crippen LogP contribution in [0.1, 0.15) is 12.8 Å². The first kappa shape index (κ1) is 17.9. The van der Waals surface area contributed by atoms with E-state index < -0.39 is 16.9 Å². The van der Waals surface area contributed by atoms with Crippen molar-refractivity contribution in [3.63, 3.8) is 0 Å². The van der Waals surface area contributed by atoms with Crippen LogP contribution in [0.2, 0.25) is 10.0 Å². The van der Waals surface area contributed by atoms with E-state index in [4.69, 9.17) is 27.9 Å². The summed E-state index contributed by atoms with van der Waals surface area (Å²) >= 11 is 12.1. The Morgan fingerprint density at radius 1 is 1.22 bits per heavy atom. The SMILES string of the molecule is O=[N+]([O-])c1cc(Cl)c(Oc2ccc3ncn(C4(C(F)F)CC4)c3c2)c(Cl)c1. The van der Waals surface area contributed by atoms with Gasteiger partial charge in [-0.05, 0) is 25.0 Å². The van der Waals surface area contributed by atoms with Gasteiger partial charge >= 0.3 is 0 Å². The van der Waals surface area contributed by atoms with Crippen LogP contribution in [-0.4, -0.2) is 20.9 Å². The number of alkyl halides is 2. The number of imidazole rings is 1. The van der Waals surface area contributed by atoms with E-state index in [0.29, 0.717) is 29.6 Å². The molecule has 1 fully saturated rings. The van der Waals surface area contributed by atoms with Gasteiger partial charge in [-0.2, -0.15) is 0 Å². The van der Waals surface area contributed by atoms with Crippen LogP contribution in [-0.2, 0) is 5.54 Å². The topological polar surface area (TPSA) is 70.2 Å². The number of fused-ring (bicyclic) bond motifs is 1. The molecule has 140 valence electrons. The molecule has 0 spiro atoms. The summed E-state index contributed by atoms with van der Waals surface area (Å²) in [5.74, 6) is 0.344. The second-order valence-electron chi connectivity index (χ2n) is 6.27. The number of ether oxygens (including phenoxy) is 1. The average Bonchev–Trinajstić information content (AvgIpc) is 3.32. The highest BCUT2D eigenvalue weighted by atomic mass is 35.5. The maximum atomic E-state index is 13.5. The molecule has 1 heterocycles. The molecule has 0 radical (unpaired) electrons. The number of hydrogen-bond acceptors (Lipinski definition) is 4. The van der Waals surface area contributed by atoms with E-state index in [1.54, 1.807) is 18.2 Å². The van der Waals surface area contributed by atoms with E-state index in [0.717, 1.165) is 12.1 Å². The summed E-state index contributed by atoms with van der Waals surface area (Å²) in [7, 11) is 0. The zero-order valence-electron chi connectivity index (χ0n) is 13.5. The van der Waals surface area contributed by atoms with Crippen molar-refractivity contribution >= 4 is 39.9 Å². The monoisotopic (exact) mass is 413 g/mol. The molecule has 1 aliphatic rings. The number of aromatic nitrogens is 2. The van der Waals surface area contributed by atoms with E-state index in [9.17, 15) is 18.9 Å². The molecule has 1 saturated carbocycles. The van der Waals surface area contributed by atoms with Crippen LogP contribution >= 0.6 is 23.2 Å². The number of benzene rings is 2. The lowest BCUT2D eigenvalue weighted by molar-refractivity contribution is -0.384. The number of hydrogen-bond donors (Lipinski definition) is 0. The number of halogens is 4. The van der Waals surface area contributed by atoms with Crippen LogP contribution in [0.4, 0.5) is 14.5 Å². The van der Waals surface area contributed by atoms with Gasteiger partial charge in [-0.1, -0.05) is 23.2 Å². The largest absolute Gasteiger partial charge is 0.454 e. The maximum absolute atomic E-state index is 13.5. The summed E-state index contributed by atoms with van der Waals surface area (Å²) in [6.07, 6.45) is -0.347. The Labute approximate surface area is 161 Å². The van der Waals surface area contributed by atoms with Crippen LogP contribution in [0.25, 0.3) is 11.0 Å². The van der Waals surface area contributed by atoms with Crippen molar-refractivity contribution in [1.29, 1.82) is 0 Å². The van der Waals surface area contributed by atoms with Crippen molar-refractivity contribution in [1.82, 2.24) is 9.55 Å². The quantitative estimate of drug-likeness (QED) is 0.391. The standard InChI is InChI=1S/C17H11Cl2F2N3O3/c18-11-5-9(24(25)26)6-12(19)15(11)27-10-1-2-13-14(7-10)23(8-22-13)17(3-4-17)16(20)21/h1-2,5-8,16H,3-4H2. The number of nitro groups is 1. The van der Waals surface area contributed by atoms with Gasteiger partial charge in [0.1, 0.15) is 11.3 Å². The summed E-state index contributed by atoms with van der Waals surface area (Å²) in [4.78, 5) is 14.4. The number of nitro benzene ring substituents is 1. The fraction of sp³-hybridized carbons (Fsp3) is 0.235. The Kier molecular flexibility index (Phi) is 4.20. The molecular weight excluding hydrogens is 403 g/mol. The first-order valence-corrected chi connectivity index (χ1v) is 8.64. The zero-order chi connectivity index (χ0) is 19.3. The second-order valence-corrected chi connectivity index (χ2v) is 7.08. The molecule has 4 rings (SSSR count). The molecule has 3 aromatic rings. The van der Waals surface area contributed by atoms with Crippen molar-refractivity contribution in [2.45, 2.75) is 24.8 Å². The third kappa shape index (κ3) is 2.98. The van der Waals surface area contributed by atoms with Crippen LogP contribution in [0.15, 0.2) is 36.7 Å². The smallest absolute Gasteiger partial charge is 0.272 e. The van der Waals surface area contributed by atoms with Crippen LogP contribution in [0.5, 0.6) is 11.5 Å². The molecule has 0 aliphatic heterocycles. The fourth-order valence-corrected chi connectivity index (χ4v) is 3.52. The van der Waals surface area contributed by atoms with E-state index in [1.165, 1.54) is 10.9 Å². The molecule has 0 saturated heterocycles. The third-order valence-corrected chi connectivity index (χ3v) is 5.14. The van der Waals surface area contributed by atoms with Gasteiger partial charge in [-0.3, -0.25) is 10.1 Å². The minimum absolute atomic E-state index is 0.0333. The highest BCUT2D eigenvalue weighted by Gasteiger charge is 2.53. The normalized spacial score (nSPS) is 15.3. The molecule has 6 nitrogen and oxygen atoms in total. The Bertz CT molecular complexity index is 1040. The highest BCUT2D eigenvalue weighted by molar-refractivity contribution is 6.37. The molecule has 1 aliphatic carbocycles. The van der Waals surface area contributed by atoms with Gasteiger partial charge in [0.2, 0.25) is 0 Å². The van der Waals surface area contributed by atoms with Gasteiger partial charge in [0, 0.05) is 18.2 Å². The molecule has 0 amide bonds. The molecule has 0 unspecified atom stereocenters. The minimum Gasteiger partial charge on any atom is -0.454 e. The van der Waals surface area contributed by atoms with Crippen LogP contribution < -0.4 is 4.74 Å². The lowest BCUT2D eigenvalue weighted by Gasteiger charge is -2.17. The number of nitrogens with zero attached hydrogens (tertiary/aromatic N) is 3. The first-order valence-electron chi connectivity index (χ1n) is 7.89. The molecule has 0 N–H and O–H groups in total. The summed E-state index contributed by atoms with van der Waals surface area (Å²) in [5.41, 5.74) is -0.441. The molecular formula is C17H11Cl2F2N3O3. The first-order chi connectivity index (χ1) is 12.8. The average molecular weight is 414 g/mol. The molecule has 10 heteroatoms. The van der Waals surface area contributed by atoms with Gasteiger partial charge in [0.25, 0.3) is 12.1 Å². The van der Waals surface area contributed by atoms with Crippen molar-refractivity contribution in [2.24, 2.45) is 0 Å². The maximum Gasteiger partial charge on any atom is 0.272 e. The number of non-ortho nitro benzene ring substituents is 1. The number of rotatable bonds is 5. The molecule has 0 atom stereocenters. The summed E-state index contributed by atoms with van der Waals surface area (Å²) in [6.45, 7) is 0. The third-order valence-electron chi connectivity index (χ3n) is 4.58. The lowest BCUT2D eigenvalue weighted by Crippen LogP contribution is -2.24. The van der Waals surface area contributed by atoms with E-state index in [1.807, 2.05) is 0 Å². The van der Waals surface area contributed by atoms with Gasteiger partial charge in [-0.15, -0.1) is 0 Å². The van der Waals surface area contributed by atoms with E-state index in [2.05, 4.69) is 4.98 Å². The van der Waals surface area contributed by atoms with Crippen LogP contribution in [0.3, 0.4) is 0 Å². The van der Waals surface area contributed by atoms with Gasteiger partial charge in [0.15, 0.2) is 5.75 Å². The van der Waals surface area contributed by atoms with Crippen molar-refractivity contribution in [3.8, 4) is 11.5 Å². The predicted molar refractivity (Wildman–Crippen MR) is 96.1 cm³/mol.